The van der Waals surface area contributed by atoms with Crippen LogP contribution in [0.2, 0.25) is 5.02 Å². The summed E-state index contributed by atoms with van der Waals surface area (Å²) in [4.78, 5) is 8.19. The first-order chi connectivity index (χ1) is 13.1. The Hall–Kier alpha value is -2.86. The van der Waals surface area contributed by atoms with Gasteiger partial charge in [-0.15, -0.1) is 0 Å². The smallest absolute Gasteiger partial charge is 0.229 e. The van der Waals surface area contributed by atoms with Crippen molar-refractivity contribution in [1.29, 1.82) is 0 Å². The monoisotopic (exact) mass is 400 g/mol. The molecule has 0 saturated heterocycles. The minimum absolute atomic E-state index is 0.0216. The fourth-order valence-corrected chi connectivity index (χ4v) is 2.92. The SMILES string of the molecule is Cc1cc(Nc2ncc(F)c(Nc3cccc(C(C)(C)C)c3)n2)cc(Cl)c1O. The fraction of sp³-hybridized carbons (Fsp3) is 0.238. The summed E-state index contributed by atoms with van der Waals surface area (Å²) in [6, 6.07) is 11.0. The van der Waals surface area contributed by atoms with E-state index < -0.39 is 5.82 Å². The second-order valence-corrected chi connectivity index (χ2v) is 8.00. The number of rotatable bonds is 4. The lowest BCUT2D eigenvalue weighted by molar-refractivity contribution is 0.471. The standard InChI is InChI=1S/C21H22ClFN4O/c1-12-8-15(10-16(22)18(12)28)26-20-24-11-17(23)19(27-20)25-14-7-5-6-13(9-14)21(2,3)4/h5-11,28H,1-4H3,(H2,24,25,26,27). The molecule has 0 fully saturated rings. The highest BCUT2D eigenvalue weighted by Gasteiger charge is 2.15. The van der Waals surface area contributed by atoms with E-state index in [4.69, 9.17) is 11.6 Å². The lowest BCUT2D eigenvalue weighted by Gasteiger charge is -2.20. The summed E-state index contributed by atoms with van der Waals surface area (Å²) in [5, 5.41) is 16.0. The number of phenols is 1. The number of aromatic nitrogens is 2. The predicted octanol–water partition coefficient (Wildman–Crippen LogP) is 6.07. The number of aryl methyl sites for hydroxylation is 1. The van der Waals surface area contributed by atoms with Gasteiger partial charge in [-0.25, -0.2) is 9.37 Å². The van der Waals surface area contributed by atoms with Crippen LogP contribution in [0.15, 0.2) is 42.6 Å². The van der Waals surface area contributed by atoms with Crippen molar-refractivity contribution in [2.45, 2.75) is 33.1 Å². The largest absolute Gasteiger partial charge is 0.506 e. The van der Waals surface area contributed by atoms with Gasteiger partial charge in [0.15, 0.2) is 11.6 Å². The van der Waals surface area contributed by atoms with Crippen molar-refractivity contribution in [1.82, 2.24) is 9.97 Å². The Kier molecular flexibility index (Phi) is 5.42. The zero-order valence-electron chi connectivity index (χ0n) is 16.1. The van der Waals surface area contributed by atoms with Crippen molar-refractivity contribution in [3.05, 3.63) is 64.6 Å². The van der Waals surface area contributed by atoms with Gasteiger partial charge in [0.1, 0.15) is 5.75 Å². The van der Waals surface area contributed by atoms with Gasteiger partial charge in [0.25, 0.3) is 0 Å². The van der Waals surface area contributed by atoms with Gasteiger partial charge in [-0.2, -0.15) is 4.98 Å². The number of benzene rings is 2. The van der Waals surface area contributed by atoms with E-state index in [9.17, 15) is 9.50 Å². The van der Waals surface area contributed by atoms with Gasteiger partial charge in [0.05, 0.1) is 11.2 Å². The van der Waals surface area contributed by atoms with Crippen molar-refractivity contribution < 1.29 is 9.50 Å². The minimum atomic E-state index is -0.563. The van der Waals surface area contributed by atoms with Gasteiger partial charge in [0.2, 0.25) is 5.95 Å². The molecule has 2 aromatic carbocycles. The van der Waals surface area contributed by atoms with E-state index in [0.29, 0.717) is 11.3 Å². The molecule has 28 heavy (non-hydrogen) atoms. The highest BCUT2D eigenvalue weighted by molar-refractivity contribution is 6.32. The molecule has 0 unspecified atom stereocenters. The van der Waals surface area contributed by atoms with Crippen molar-refractivity contribution in [2.75, 3.05) is 10.6 Å². The summed E-state index contributed by atoms with van der Waals surface area (Å²) in [6.45, 7) is 8.08. The van der Waals surface area contributed by atoms with Crippen LogP contribution in [-0.4, -0.2) is 15.1 Å². The summed E-state index contributed by atoms with van der Waals surface area (Å²) >= 11 is 6.00. The molecule has 7 heteroatoms. The predicted molar refractivity (Wildman–Crippen MR) is 112 cm³/mol. The molecule has 5 nitrogen and oxygen atoms in total. The van der Waals surface area contributed by atoms with Crippen LogP contribution in [0.4, 0.5) is 27.5 Å². The lowest BCUT2D eigenvalue weighted by atomic mass is 9.87. The van der Waals surface area contributed by atoms with Gasteiger partial charge in [0, 0.05) is 11.4 Å². The molecule has 0 aliphatic heterocycles. The van der Waals surface area contributed by atoms with E-state index in [1.165, 1.54) is 0 Å². The van der Waals surface area contributed by atoms with E-state index >= 15 is 0 Å². The maximum atomic E-state index is 14.2. The van der Waals surface area contributed by atoms with Crippen LogP contribution < -0.4 is 10.6 Å². The summed E-state index contributed by atoms with van der Waals surface area (Å²) in [5.41, 5.74) is 3.03. The van der Waals surface area contributed by atoms with Gasteiger partial charge >= 0.3 is 0 Å². The van der Waals surface area contributed by atoms with E-state index in [0.717, 1.165) is 17.4 Å². The van der Waals surface area contributed by atoms with Crippen molar-refractivity contribution in [3.63, 3.8) is 0 Å². The molecule has 3 aromatic rings. The first kappa shape index (κ1) is 19.9. The Morgan fingerprint density at radius 2 is 1.82 bits per heavy atom. The Labute approximate surface area is 168 Å². The zero-order valence-corrected chi connectivity index (χ0v) is 16.9. The number of anilines is 4. The van der Waals surface area contributed by atoms with Crippen LogP contribution in [0.25, 0.3) is 0 Å². The number of hydrogen-bond donors (Lipinski definition) is 3. The maximum Gasteiger partial charge on any atom is 0.229 e. The summed E-state index contributed by atoms with van der Waals surface area (Å²) in [5.74, 6) is -0.276. The Morgan fingerprint density at radius 3 is 2.50 bits per heavy atom. The third-order valence-corrected chi connectivity index (χ3v) is 4.53. The highest BCUT2D eigenvalue weighted by atomic mass is 35.5. The molecular formula is C21H22ClFN4O. The summed E-state index contributed by atoms with van der Waals surface area (Å²) in [7, 11) is 0. The topological polar surface area (TPSA) is 70.1 Å². The summed E-state index contributed by atoms with van der Waals surface area (Å²) < 4.78 is 14.2. The number of halogens is 2. The molecule has 0 aliphatic rings. The molecule has 0 bridgehead atoms. The minimum Gasteiger partial charge on any atom is -0.506 e. The molecule has 0 spiro atoms. The van der Waals surface area contributed by atoms with Crippen molar-refractivity contribution >= 4 is 34.7 Å². The van der Waals surface area contributed by atoms with Crippen molar-refractivity contribution in [2.24, 2.45) is 0 Å². The van der Waals surface area contributed by atoms with E-state index in [2.05, 4.69) is 41.4 Å². The van der Waals surface area contributed by atoms with Gasteiger partial charge < -0.3 is 15.7 Å². The molecule has 0 aliphatic carbocycles. The van der Waals surface area contributed by atoms with Crippen LogP contribution in [0, 0.1) is 12.7 Å². The van der Waals surface area contributed by atoms with E-state index in [1.807, 2.05) is 24.3 Å². The number of hydrogen-bond acceptors (Lipinski definition) is 5. The van der Waals surface area contributed by atoms with Gasteiger partial charge in [-0.05, 0) is 47.7 Å². The van der Waals surface area contributed by atoms with Crippen LogP contribution in [-0.2, 0) is 5.41 Å². The lowest BCUT2D eigenvalue weighted by Crippen LogP contribution is -2.11. The first-order valence-corrected chi connectivity index (χ1v) is 9.17. The molecule has 146 valence electrons. The van der Waals surface area contributed by atoms with E-state index in [1.54, 1.807) is 19.1 Å². The molecular weight excluding hydrogens is 379 g/mol. The number of phenolic OH excluding ortho intramolecular Hbond substituents is 1. The highest BCUT2D eigenvalue weighted by Crippen LogP contribution is 2.32. The Morgan fingerprint density at radius 1 is 1.07 bits per heavy atom. The molecule has 3 rings (SSSR count). The number of nitrogens with zero attached hydrogens (tertiary/aromatic N) is 2. The number of nitrogens with one attached hydrogen (secondary N) is 2. The van der Waals surface area contributed by atoms with Crippen LogP contribution in [0.5, 0.6) is 5.75 Å². The van der Waals surface area contributed by atoms with Gasteiger partial charge in [-0.3, -0.25) is 0 Å². The maximum absolute atomic E-state index is 14.2. The Balaban J connectivity index is 1.86. The normalized spacial score (nSPS) is 11.4. The van der Waals surface area contributed by atoms with Crippen LogP contribution in [0.1, 0.15) is 31.9 Å². The molecule has 0 radical (unpaired) electrons. The average Bonchev–Trinajstić information content (AvgIpc) is 2.62. The third-order valence-electron chi connectivity index (χ3n) is 4.25. The first-order valence-electron chi connectivity index (χ1n) is 8.80. The molecule has 0 amide bonds. The number of aromatic hydroxyl groups is 1. The van der Waals surface area contributed by atoms with Crippen molar-refractivity contribution in [3.8, 4) is 5.75 Å². The Bertz CT molecular complexity index is 995. The van der Waals surface area contributed by atoms with Gasteiger partial charge in [-0.1, -0.05) is 44.5 Å². The second-order valence-electron chi connectivity index (χ2n) is 7.59. The average molecular weight is 401 g/mol. The molecule has 1 aromatic heterocycles. The molecule has 3 N–H and O–H groups in total. The molecule has 0 atom stereocenters. The third kappa shape index (κ3) is 4.51. The molecule has 0 saturated carbocycles. The van der Waals surface area contributed by atoms with E-state index in [-0.39, 0.29) is 28.0 Å². The quantitative estimate of drug-likeness (QED) is 0.464. The van der Waals surface area contributed by atoms with Crippen LogP contribution >= 0.6 is 11.6 Å². The second kappa shape index (κ2) is 7.64. The summed E-state index contributed by atoms with van der Waals surface area (Å²) in [6.07, 6.45) is 1.10. The van der Waals surface area contributed by atoms with Crippen LogP contribution in [0.3, 0.4) is 0 Å². The zero-order chi connectivity index (χ0) is 20.5. The fourth-order valence-electron chi connectivity index (χ4n) is 2.65. The molecule has 1 heterocycles.